The number of carbonyl (C=O) groups is 1. The Balaban J connectivity index is 2.20. The number of likely N-dealkylation sites (N-methyl/N-ethyl adjacent to an activating group) is 1. The third kappa shape index (κ3) is 5.09. The number of alkyl halides is 3. The largest absolute Gasteiger partial charge is 0.416 e. The summed E-state index contributed by atoms with van der Waals surface area (Å²) in [7, 11) is -2.57. The summed E-state index contributed by atoms with van der Waals surface area (Å²) in [5.41, 5.74) is -0.553. The van der Waals surface area contributed by atoms with Gasteiger partial charge in [-0.05, 0) is 42.0 Å². The number of sulfonamides is 1. The second kappa shape index (κ2) is 7.61. The molecule has 0 aliphatic carbocycles. The monoisotopic (exact) mass is 384 g/mol. The number of anilines is 1. The van der Waals surface area contributed by atoms with Crippen molar-refractivity contribution in [1.29, 1.82) is 0 Å². The van der Waals surface area contributed by atoms with E-state index >= 15 is 0 Å². The van der Waals surface area contributed by atoms with Crippen LogP contribution >= 0.6 is 0 Å². The standard InChI is InChI=1S/C17H15F3N2O3S/c1-21-16(23)10-7-12-5-8-15(9-6-12)26(24,25)22-14-4-2-3-13(11-14)17(18,19)20/h2-11,22H,1H3,(H,21,23)/b10-7+. The maximum atomic E-state index is 12.7. The van der Waals surface area contributed by atoms with Gasteiger partial charge < -0.3 is 5.32 Å². The zero-order chi connectivity index (χ0) is 19.4. The van der Waals surface area contributed by atoms with Crippen LogP contribution in [0, 0.1) is 0 Å². The molecular formula is C17H15F3N2O3S. The molecule has 0 bridgehead atoms. The molecule has 0 unspecified atom stereocenters. The highest BCUT2D eigenvalue weighted by molar-refractivity contribution is 7.92. The first-order chi connectivity index (χ1) is 12.1. The van der Waals surface area contributed by atoms with Crippen molar-refractivity contribution < 1.29 is 26.4 Å². The van der Waals surface area contributed by atoms with Crippen molar-refractivity contribution in [3.8, 4) is 0 Å². The minimum atomic E-state index is -4.57. The van der Waals surface area contributed by atoms with Crippen molar-refractivity contribution in [3.05, 3.63) is 65.7 Å². The average Bonchev–Trinajstić information content (AvgIpc) is 2.59. The average molecular weight is 384 g/mol. The summed E-state index contributed by atoms with van der Waals surface area (Å²) < 4.78 is 64.9. The van der Waals surface area contributed by atoms with Crippen LogP contribution in [0.2, 0.25) is 0 Å². The highest BCUT2D eigenvalue weighted by Crippen LogP contribution is 2.31. The summed E-state index contributed by atoms with van der Waals surface area (Å²) in [6.45, 7) is 0. The van der Waals surface area contributed by atoms with Gasteiger partial charge in [-0.15, -0.1) is 0 Å². The van der Waals surface area contributed by atoms with Crippen LogP contribution in [0.25, 0.3) is 6.08 Å². The maximum Gasteiger partial charge on any atom is 0.416 e. The molecule has 0 aromatic heterocycles. The fourth-order valence-electron chi connectivity index (χ4n) is 1.99. The number of carbonyl (C=O) groups excluding carboxylic acids is 1. The first-order valence-corrected chi connectivity index (χ1v) is 8.80. The minimum absolute atomic E-state index is 0.119. The summed E-state index contributed by atoms with van der Waals surface area (Å²) in [4.78, 5) is 11.0. The fourth-order valence-corrected chi connectivity index (χ4v) is 3.04. The predicted octanol–water partition coefficient (Wildman–Crippen LogP) is 3.27. The molecule has 2 rings (SSSR count). The Morgan fingerprint density at radius 2 is 1.73 bits per heavy atom. The molecule has 0 saturated carbocycles. The van der Waals surface area contributed by atoms with Crippen molar-refractivity contribution >= 4 is 27.7 Å². The fraction of sp³-hybridized carbons (Fsp3) is 0.118. The Bertz CT molecular complexity index is 921. The maximum absolute atomic E-state index is 12.7. The Labute approximate surface area is 148 Å². The lowest BCUT2D eigenvalue weighted by atomic mass is 10.2. The van der Waals surface area contributed by atoms with Gasteiger partial charge in [0.05, 0.1) is 10.5 Å². The van der Waals surface area contributed by atoms with Crippen LogP contribution in [0.1, 0.15) is 11.1 Å². The number of hydrogen-bond donors (Lipinski definition) is 2. The van der Waals surface area contributed by atoms with E-state index in [1.165, 1.54) is 49.5 Å². The summed E-state index contributed by atoms with van der Waals surface area (Å²) in [5.74, 6) is -0.312. The van der Waals surface area contributed by atoms with Crippen molar-refractivity contribution in [2.45, 2.75) is 11.1 Å². The number of benzene rings is 2. The van der Waals surface area contributed by atoms with Crippen molar-refractivity contribution in [3.63, 3.8) is 0 Å². The highest BCUT2D eigenvalue weighted by Gasteiger charge is 2.30. The first kappa shape index (κ1) is 19.5. The van der Waals surface area contributed by atoms with Gasteiger partial charge in [-0.3, -0.25) is 9.52 Å². The highest BCUT2D eigenvalue weighted by atomic mass is 32.2. The molecule has 5 nitrogen and oxygen atoms in total. The van der Waals surface area contributed by atoms with E-state index in [0.29, 0.717) is 5.56 Å². The van der Waals surface area contributed by atoms with E-state index in [4.69, 9.17) is 0 Å². The normalized spacial score (nSPS) is 12.2. The predicted molar refractivity (Wildman–Crippen MR) is 91.8 cm³/mol. The third-order valence-electron chi connectivity index (χ3n) is 3.31. The number of nitrogens with one attached hydrogen (secondary N) is 2. The molecule has 9 heteroatoms. The molecule has 0 radical (unpaired) electrons. The molecule has 0 atom stereocenters. The van der Waals surface area contributed by atoms with Gasteiger partial charge in [-0.1, -0.05) is 18.2 Å². The molecule has 0 saturated heterocycles. The van der Waals surface area contributed by atoms with Crippen LogP contribution in [-0.4, -0.2) is 21.4 Å². The van der Waals surface area contributed by atoms with Crippen LogP contribution in [0.5, 0.6) is 0 Å². The quantitative estimate of drug-likeness (QED) is 0.777. The Kier molecular flexibility index (Phi) is 5.71. The van der Waals surface area contributed by atoms with Gasteiger partial charge in [0.1, 0.15) is 0 Å². The van der Waals surface area contributed by atoms with Gasteiger partial charge in [-0.25, -0.2) is 8.42 Å². The molecule has 0 spiro atoms. The molecule has 0 heterocycles. The molecule has 0 aliphatic heterocycles. The minimum Gasteiger partial charge on any atom is -0.356 e. The second-order valence-electron chi connectivity index (χ2n) is 5.20. The lowest BCUT2D eigenvalue weighted by Crippen LogP contribution is -2.14. The van der Waals surface area contributed by atoms with Crippen molar-refractivity contribution in [2.75, 3.05) is 11.8 Å². The summed E-state index contributed by atoms with van der Waals surface area (Å²) in [5, 5.41) is 2.40. The van der Waals surface area contributed by atoms with Gasteiger partial charge in [0.15, 0.2) is 0 Å². The summed E-state index contributed by atoms with van der Waals surface area (Å²) in [6, 6.07) is 9.45. The van der Waals surface area contributed by atoms with E-state index in [0.717, 1.165) is 18.2 Å². The Hall–Kier alpha value is -2.81. The van der Waals surface area contributed by atoms with Crippen LogP contribution in [0.15, 0.2) is 59.5 Å². The molecule has 2 aromatic carbocycles. The van der Waals surface area contributed by atoms with Gasteiger partial charge in [0.25, 0.3) is 10.0 Å². The molecule has 0 aliphatic rings. The van der Waals surface area contributed by atoms with Gasteiger partial charge in [0, 0.05) is 18.8 Å². The Morgan fingerprint density at radius 3 is 2.31 bits per heavy atom. The molecule has 26 heavy (non-hydrogen) atoms. The SMILES string of the molecule is CNC(=O)/C=C/c1ccc(S(=O)(=O)Nc2cccc(C(F)(F)F)c2)cc1. The van der Waals surface area contributed by atoms with Crippen LogP contribution in [0.3, 0.4) is 0 Å². The lowest BCUT2D eigenvalue weighted by Gasteiger charge is -2.11. The van der Waals surface area contributed by atoms with Gasteiger partial charge >= 0.3 is 6.18 Å². The van der Waals surface area contributed by atoms with E-state index in [1.54, 1.807) is 0 Å². The molecule has 0 fully saturated rings. The molecular weight excluding hydrogens is 369 g/mol. The third-order valence-corrected chi connectivity index (χ3v) is 4.70. The van der Waals surface area contributed by atoms with Crippen molar-refractivity contribution in [2.24, 2.45) is 0 Å². The summed E-state index contributed by atoms with van der Waals surface area (Å²) >= 11 is 0. The van der Waals surface area contributed by atoms with E-state index < -0.39 is 21.8 Å². The number of hydrogen-bond acceptors (Lipinski definition) is 3. The molecule has 2 N–H and O–H groups in total. The smallest absolute Gasteiger partial charge is 0.356 e. The zero-order valence-corrected chi connectivity index (χ0v) is 14.4. The number of rotatable bonds is 5. The van der Waals surface area contributed by atoms with Gasteiger partial charge in [-0.2, -0.15) is 13.2 Å². The van der Waals surface area contributed by atoms with Crippen LogP contribution in [-0.2, 0) is 21.0 Å². The molecule has 1 amide bonds. The van der Waals surface area contributed by atoms with E-state index in [2.05, 4.69) is 10.0 Å². The van der Waals surface area contributed by atoms with E-state index in [1.807, 2.05) is 0 Å². The van der Waals surface area contributed by atoms with Crippen LogP contribution in [0.4, 0.5) is 18.9 Å². The van der Waals surface area contributed by atoms with E-state index in [-0.39, 0.29) is 16.5 Å². The molecule has 2 aromatic rings. The zero-order valence-electron chi connectivity index (χ0n) is 13.5. The number of halogens is 3. The topological polar surface area (TPSA) is 75.3 Å². The summed E-state index contributed by atoms with van der Waals surface area (Å²) in [6.07, 6.45) is -1.79. The molecule has 138 valence electrons. The lowest BCUT2D eigenvalue weighted by molar-refractivity contribution is -0.137. The van der Waals surface area contributed by atoms with Crippen LogP contribution < -0.4 is 10.0 Å². The number of amides is 1. The second-order valence-corrected chi connectivity index (χ2v) is 6.88. The van der Waals surface area contributed by atoms with E-state index in [9.17, 15) is 26.4 Å². The van der Waals surface area contributed by atoms with Gasteiger partial charge in [0.2, 0.25) is 5.91 Å². The Morgan fingerprint density at radius 1 is 1.08 bits per heavy atom. The first-order valence-electron chi connectivity index (χ1n) is 7.32. The van der Waals surface area contributed by atoms with Crippen molar-refractivity contribution in [1.82, 2.24) is 5.32 Å².